The van der Waals surface area contributed by atoms with Crippen molar-refractivity contribution < 1.29 is 9.59 Å². The smallest absolute Gasteiger partial charge is 0.229 e. The number of rotatable bonds is 3. The van der Waals surface area contributed by atoms with E-state index in [1.165, 1.54) is 37.5 Å². The van der Waals surface area contributed by atoms with E-state index in [2.05, 4.69) is 10.3 Å². The summed E-state index contributed by atoms with van der Waals surface area (Å²) in [5, 5.41) is 5.06. The second-order valence-corrected chi connectivity index (χ2v) is 5.73. The second kappa shape index (κ2) is 3.91. The Bertz CT molecular complexity index is 473. The van der Waals surface area contributed by atoms with E-state index in [0.29, 0.717) is 22.7 Å². The van der Waals surface area contributed by atoms with Gasteiger partial charge in [0.15, 0.2) is 10.9 Å². The van der Waals surface area contributed by atoms with E-state index < -0.39 is 0 Å². The summed E-state index contributed by atoms with van der Waals surface area (Å²) < 4.78 is 0. The van der Waals surface area contributed by atoms with Crippen LogP contribution in [0.5, 0.6) is 0 Å². The van der Waals surface area contributed by atoms with Crippen molar-refractivity contribution in [2.45, 2.75) is 26.2 Å². The highest BCUT2D eigenvalue weighted by Crippen LogP contribution is 2.57. The zero-order valence-electron chi connectivity index (χ0n) is 9.60. The first-order chi connectivity index (χ1) is 8.16. The molecule has 2 fully saturated rings. The Hall–Kier alpha value is -1.23. The van der Waals surface area contributed by atoms with Gasteiger partial charge in [0.25, 0.3) is 0 Å². The molecule has 2 aliphatic carbocycles. The van der Waals surface area contributed by atoms with Crippen molar-refractivity contribution in [1.82, 2.24) is 4.98 Å². The van der Waals surface area contributed by atoms with Crippen molar-refractivity contribution in [3.05, 3.63) is 11.1 Å². The van der Waals surface area contributed by atoms with Crippen molar-refractivity contribution >= 4 is 28.2 Å². The first-order valence-electron chi connectivity index (χ1n) is 5.94. The van der Waals surface area contributed by atoms with Gasteiger partial charge in [-0.1, -0.05) is 6.42 Å². The van der Waals surface area contributed by atoms with Crippen molar-refractivity contribution in [3.8, 4) is 0 Å². The number of carbonyl (C=O) groups is 2. The second-order valence-electron chi connectivity index (χ2n) is 4.87. The monoisotopic (exact) mass is 250 g/mol. The maximum Gasteiger partial charge on any atom is 0.229 e. The van der Waals surface area contributed by atoms with Gasteiger partial charge >= 0.3 is 0 Å². The minimum atomic E-state index is -0.0648. The van der Waals surface area contributed by atoms with Crippen LogP contribution in [0.3, 0.4) is 0 Å². The molecule has 2 aliphatic rings. The number of anilines is 1. The van der Waals surface area contributed by atoms with Crippen molar-refractivity contribution in [2.75, 3.05) is 5.32 Å². The van der Waals surface area contributed by atoms with Gasteiger partial charge in [-0.05, 0) is 24.7 Å². The average molecular weight is 250 g/mol. The van der Waals surface area contributed by atoms with Crippen molar-refractivity contribution in [3.63, 3.8) is 0 Å². The van der Waals surface area contributed by atoms with Crippen molar-refractivity contribution in [1.29, 1.82) is 0 Å². The fourth-order valence-electron chi connectivity index (χ4n) is 2.89. The molecule has 0 spiro atoms. The molecule has 0 radical (unpaired) electrons. The third-order valence-electron chi connectivity index (χ3n) is 3.80. The SMILES string of the molecule is CC(=O)c1csc(NC(=O)C2C3CCCC32)n1. The quantitative estimate of drug-likeness (QED) is 0.838. The predicted octanol–water partition coefficient (Wildman–Crippen LogP) is 2.33. The van der Waals surface area contributed by atoms with Gasteiger partial charge in [0, 0.05) is 18.2 Å². The van der Waals surface area contributed by atoms with E-state index in [1.54, 1.807) is 5.38 Å². The van der Waals surface area contributed by atoms with Gasteiger partial charge in [-0.15, -0.1) is 11.3 Å². The van der Waals surface area contributed by atoms with Crippen LogP contribution in [0.4, 0.5) is 5.13 Å². The van der Waals surface area contributed by atoms with E-state index in [1.807, 2.05) is 0 Å². The number of amides is 1. The molecule has 1 aromatic rings. The summed E-state index contributed by atoms with van der Waals surface area (Å²) in [5.74, 6) is 1.45. The molecule has 0 aliphatic heterocycles. The lowest BCUT2D eigenvalue weighted by molar-refractivity contribution is -0.118. The van der Waals surface area contributed by atoms with Gasteiger partial charge in [-0.3, -0.25) is 9.59 Å². The van der Waals surface area contributed by atoms with Gasteiger partial charge in [0.2, 0.25) is 5.91 Å². The Morgan fingerprint density at radius 2 is 2.12 bits per heavy atom. The number of Topliss-reactive ketones (excluding diaryl/α,β-unsaturated/α-hetero) is 1. The Morgan fingerprint density at radius 1 is 1.41 bits per heavy atom. The molecule has 90 valence electrons. The average Bonchev–Trinajstić information content (AvgIpc) is 2.72. The van der Waals surface area contributed by atoms with E-state index in [-0.39, 0.29) is 17.6 Å². The maximum absolute atomic E-state index is 11.9. The molecular weight excluding hydrogens is 236 g/mol. The topological polar surface area (TPSA) is 59.1 Å². The number of hydrogen-bond acceptors (Lipinski definition) is 4. The summed E-state index contributed by atoms with van der Waals surface area (Å²) in [4.78, 5) is 27.1. The van der Waals surface area contributed by atoms with Gasteiger partial charge < -0.3 is 5.32 Å². The summed E-state index contributed by atoms with van der Waals surface area (Å²) in [7, 11) is 0. The fourth-order valence-corrected chi connectivity index (χ4v) is 3.64. The summed E-state index contributed by atoms with van der Waals surface area (Å²) in [6.07, 6.45) is 3.66. The number of carbonyl (C=O) groups excluding carboxylic acids is 2. The normalized spacial score (nSPS) is 29.8. The highest BCUT2D eigenvalue weighted by atomic mass is 32.1. The molecule has 1 amide bonds. The number of hydrogen-bond donors (Lipinski definition) is 1. The molecular formula is C12H14N2O2S. The van der Waals surface area contributed by atoms with Gasteiger partial charge in [-0.2, -0.15) is 0 Å². The molecule has 1 heterocycles. The van der Waals surface area contributed by atoms with E-state index >= 15 is 0 Å². The molecule has 0 saturated heterocycles. The molecule has 3 rings (SSSR count). The lowest BCUT2D eigenvalue weighted by atomic mass is 10.1. The molecule has 1 aromatic heterocycles. The van der Waals surface area contributed by atoms with Gasteiger partial charge in [0.1, 0.15) is 5.69 Å². The summed E-state index contributed by atoms with van der Waals surface area (Å²) >= 11 is 1.32. The number of nitrogens with zero attached hydrogens (tertiary/aromatic N) is 1. The maximum atomic E-state index is 11.9. The first-order valence-corrected chi connectivity index (χ1v) is 6.82. The number of aromatic nitrogens is 1. The van der Waals surface area contributed by atoms with Crippen LogP contribution in [-0.4, -0.2) is 16.7 Å². The zero-order valence-corrected chi connectivity index (χ0v) is 10.4. The Balaban J connectivity index is 1.63. The van der Waals surface area contributed by atoms with E-state index in [4.69, 9.17) is 0 Å². The van der Waals surface area contributed by atoms with Crippen LogP contribution in [-0.2, 0) is 4.79 Å². The van der Waals surface area contributed by atoms with Crippen LogP contribution in [0.1, 0.15) is 36.7 Å². The van der Waals surface area contributed by atoms with Crippen molar-refractivity contribution in [2.24, 2.45) is 17.8 Å². The lowest BCUT2D eigenvalue weighted by Gasteiger charge is -2.02. The van der Waals surface area contributed by atoms with Crippen LogP contribution in [0.2, 0.25) is 0 Å². The molecule has 5 heteroatoms. The third kappa shape index (κ3) is 1.88. The summed E-state index contributed by atoms with van der Waals surface area (Å²) in [6.45, 7) is 1.48. The van der Waals surface area contributed by atoms with Crippen LogP contribution in [0.15, 0.2) is 5.38 Å². The summed E-state index contributed by atoms with van der Waals surface area (Å²) in [5.41, 5.74) is 0.432. The van der Waals surface area contributed by atoms with Crippen LogP contribution in [0.25, 0.3) is 0 Å². The van der Waals surface area contributed by atoms with Gasteiger partial charge in [-0.25, -0.2) is 4.98 Å². The molecule has 0 bridgehead atoms. The standard InChI is InChI=1S/C12H14N2O2S/c1-6(15)9-5-17-12(13-9)14-11(16)10-7-3-2-4-8(7)10/h5,7-8,10H,2-4H2,1H3,(H,13,14,16). The fraction of sp³-hybridized carbons (Fsp3) is 0.583. The van der Waals surface area contributed by atoms with Crippen LogP contribution >= 0.6 is 11.3 Å². The summed E-state index contributed by atoms with van der Waals surface area (Å²) in [6, 6.07) is 0. The highest BCUT2D eigenvalue weighted by Gasteiger charge is 2.56. The van der Waals surface area contributed by atoms with E-state index in [0.717, 1.165) is 0 Å². The van der Waals surface area contributed by atoms with Gasteiger partial charge in [0.05, 0.1) is 0 Å². The largest absolute Gasteiger partial charge is 0.302 e. The molecule has 0 aromatic carbocycles. The lowest BCUT2D eigenvalue weighted by Crippen LogP contribution is -2.16. The number of thiazole rings is 1. The first kappa shape index (κ1) is 10.9. The predicted molar refractivity (Wildman–Crippen MR) is 65.1 cm³/mol. The number of ketones is 1. The highest BCUT2D eigenvalue weighted by molar-refractivity contribution is 7.14. The van der Waals surface area contributed by atoms with E-state index in [9.17, 15) is 9.59 Å². The zero-order chi connectivity index (χ0) is 12.0. The molecule has 17 heavy (non-hydrogen) atoms. The number of nitrogens with one attached hydrogen (secondary N) is 1. The third-order valence-corrected chi connectivity index (χ3v) is 4.56. The Kier molecular flexibility index (Phi) is 2.50. The molecule has 2 atom stereocenters. The molecule has 4 nitrogen and oxygen atoms in total. The van der Waals surface area contributed by atoms with Crippen LogP contribution in [0, 0.1) is 17.8 Å². The number of fused-ring (bicyclic) bond motifs is 1. The molecule has 2 saturated carbocycles. The Morgan fingerprint density at radius 3 is 2.71 bits per heavy atom. The van der Waals surface area contributed by atoms with Crippen LogP contribution < -0.4 is 5.32 Å². The Labute approximate surface area is 103 Å². The molecule has 1 N–H and O–H groups in total. The molecule has 2 unspecified atom stereocenters. The minimum Gasteiger partial charge on any atom is -0.302 e. The minimum absolute atomic E-state index is 0.0648.